The second kappa shape index (κ2) is 4.63. The Bertz CT molecular complexity index is 354. The quantitative estimate of drug-likeness (QED) is 0.629. The maximum absolute atomic E-state index is 11.0. The van der Waals surface area contributed by atoms with E-state index in [0.717, 1.165) is 5.82 Å². The highest BCUT2D eigenvalue weighted by Crippen LogP contribution is 2.19. The van der Waals surface area contributed by atoms with Gasteiger partial charge >= 0.3 is 5.97 Å². The summed E-state index contributed by atoms with van der Waals surface area (Å²) in [6, 6.07) is 0. The van der Waals surface area contributed by atoms with Crippen LogP contribution in [-0.4, -0.2) is 44.6 Å². The molecule has 0 aliphatic rings. The highest BCUT2D eigenvalue weighted by Gasteiger charge is 2.31. The van der Waals surface area contributed by atoms with E-state index in [2.05, 4.69) is 20.5 Å². The number of aromatic nitrogens is 3. The highest BCUT2D eigenvalue weighted by atomic mass is 32.2. The first-order valence-electron chi connectivity index (χ1n) is 4.42. The Morgan fingerprint density at radius 2 is 2.40 bits per heavy atom. The number of H-pyrrole nitrogens is 1. The van der Waals surface area contributed by atoms with E-state index in [1.807, 2.05) is 0 Å². The first-order chi connectivity index (χ1) is 6.98. The Kier molecular flexibility index (Phi) is 3.70. The summed E-state index contributed by atoms with van der Waals surface area (Å²) in [5, 5.41) is 18.9. The standard InChI is InChI=1S/C8H14N4O2S/c1-5-10-7(12-11-5)15-4-8(2,9-3)6(13)14/h9H,4H2,1-3H3,(H,13,14)(H,10,11,12). The number of thioether (sulfide) groups is 1. The highest BCUT2D eigenvalue weighted by molar-refractivity contribution is 7.99. The van der Waals surface area contributed by atoms with Crippen LogP contribution in [0.2, 0.25) is 0 Å². The molecule has 0 aromatic carbocycles. The van der Waals surface area contributed by atoms with Gasteiger partial charge in [0.25, 0.3) is 0 Å². The van der Waals surface area contributed by atoms with Crippen molar-refractivity contribution in [2.24, 2.45) is 0 Å². The zero-order valence-corrected chi connectivity index (χ0v) is 9.68. The van der Waals surface area contributed by atoms with Gasteiger partial charge in [0.15, 0.2) is 0 Å². The van der Waals surface area contributed by atoms with Gasteiger partial charge in [-0.2, -0.15) is 0 Å². The van der Waals surface area contributed by atoms with Crippen LogP contribution in [0, 0.1) is 6.92 Å². The van der Waals surface area contributed by atoms with E-state index in [4.69, 9.17) is 5.11 Å². The van der Waals surface area contributed by atoms with E-state index in [1.165, 1.54) is 11.8 Å². The van der Waals surface area contributed by atoms with Gasteiger partial charge in [-0.05, 0) is 20.9 Å². The summed E-state index contributed by atoms with van der Waals surface area (Å²) in [6.07, 6.45) is 0. The number of carboxylic acids is 1. The summed E-state index contributed by atoms with van der Waals surface area (Å²) in [6.45, 7) is 3.42. The molecule has 1 aromatic rings. The van der Waals surface area contributed by atoms with Crippen LogP contribution in [0.15, 0.2) is 5.16 Å². The predicted molar refractivity (Wildman–Crippen MR) is 56.9 cm³/mol. The molecule has 84 valence electrons. The Morgan fingerprint density at radius 3 is 2.80 bits per heavy atom. The average Bonchev–Trinajstić information content (AvgIpc) is 2.60. The Balaban J connectivity index is 2.59. The minimum atomic E-state index is -0.959. The van der Waals surface area contributed by atoms with Crippen molar-refractivity contribution in [1.82, 2.24) is 20.5 Å². The number of nitrogens with zero attached hydrogens (tertiary/aromatic N) is 2. The molecule has 15 heavy (non-hydrogen) atoms. The molecule has 0 aliphatic carbocycles. The number of aryl methyl sites for hydroxylation is 1. The van der Waals surface area contributed by atoms with Crippen molar-refractivity contribution in [3.05, 3.63) is 5.82 Å². The zero-order chi connectivity index (χ0) is 11.5. The molecule has 1 aromatic heterocycles. The van der Waals surface area contributed by atoms with Gasteiger partial charge in [-0.3, -0.25) is 9.89 Å². The van der Waals surface area contributed by atoms with Crippen LogP contribution in [0.1, 0.15) is 12.7 Å². The van der Waals surface area contributed by atoms with Gasteiger partial charge in [-0.1, -0.05) is 11.8 Å². The number of carbonyl (C=O) groups is 1. The minimum Gasteiger partial charge on any atom is -0.480 e. The third kappa shape index (κ3) is 2.93. The Hall–Kier alpha value is -1.08. The van der Waals surface area contributed by atoms with Crippen LogP contribution in [0.25, 0.3) is 0 Å². The van der Waals surface area contributed by atoms with Crippen LogP contribution in [0.4, 0.5) is 0 Å². The minimum absolute atomic E-state index is 0.371. The molecule has 0 spiro atoms. The van der Waals surface area contributed by atoms with Gasteiger partial charge in [-0.25, -0.2) is 4.98 Å². The summed E-state index contributed by atoms with van der Waals surface area (Å²) in [5.74, 6) is 0.208. The van der Waals surface area contributed by atoms with Crippen molar-refractivity contribution in [3.8, 4) is 0 Å². The second-order valence-corrected chi connectivity index (χ2v) is 4.32. The summed E-state index contributed by atoms with van der Waals surface area (Å²) in [4.78, 5) is 15.0. The molecule has 0 bridgehead atoms. The van der Waals surface area contributed by atoms with Crippen LogP contribution >= 0.6 is 11.8 Å². The molecule has 0 fully saturated rings. The fourth-order valence-electron chi connectivity index (χ4n) is 0.836. The lowest BCUT2D eigenvalue weighted by Gasteiger charge is -2.22. The van der Waals surface area contributed by atoms with Crippen molar-refractivity contribution < 1.29 is 9.90 Å². The number of hydrogen-bond donors (Lipinski definition) is 3. The SMILES string of the molecule is CNC(C)(CSc1n[nH]c(C)n1)C(=O)O. The smallest absolute Gasteiger partial charge is 0.324 e. The third-order valence-corrected chi connectivity index (χ3v) is 3.25. The zero-order valence-electron chi connectivity index (χ0n) is 8.87. The molecule has 1 heterocycles. The molecule has 1 unspecified atom stereocenters. The number of carboxylic acid groups (broad SMARTS) is 1. The Labute approximate surface area is 91.9 Å². The topological polar surface area (TPSA) is 90.9 Å². The van der Waals surface area contributed by atoms with Crippen molar-refractivity contribution >= 4 is 17.7 Å². The average molecular weight is 230 g/mol. The molecule has 7 heteroatoms. The lowest BCUT2D eigenvalue weighted by atomic mass is 10.1. The summed E-state index contributed by atoms with van der Waals surface area (Å²) >= 11 is 1.30. The maximum Gasteiger partial charge on any atom is 0.324 e. The molecule has 0 amide bonds. The van der Waals surface area contributed by atoms with Crippen LogP contribution < -0.4 is 5.32 Å². The van der Waals surface area contributed by atoms with Crippen LogP contribution in [-0.2, 0) is 4.79 Å². The molecule has 6 nitrogen and oxygen atoms in total. The van der Waals surface area contributed by atoms with E-state index in [1.54, 1.807) is 20.9 Å². The van der Waals surface area contributed by atoms with Crippen LogP contribution in [0.3, 0.4) is 0 Å². The van der Waals surface area contributed by atoms with E-state index in [0.29, 0.717) is 10.9 Å². The van der Waals surface area contributed by atoms with Gasteiger partial charge in [0.1, 0.15) is 11.4 Å². The fraction of sp³-hybridized carbons (Fsp3) is 0.625. The monoisotopic (exact) mass is 230 g/mol. The maximum atomic E-state index is 11.0. The number of aliphatic carboxylic acids is 1. The first-order valence-corrected chi connectivity index (χ1v) is 5.40. The van der Waals surface area contributed by atoms with Gasteiger partial charge in [-0.15, -0.1) is 5.10 Å². The third-order valence-electron chi connectivity index (χ3n) is 2.09. The number of likely N-dealkylation sites (N-methyl/N-ethyl adjacent to an activating group) is 1. The number of nitrogens with one attached hydrogen (secondary N) is 2. The van der Waals surface area contributed by atoms with E-state index >= 15 is 0 Å². The van der Waals surface area contributed by atoms with Crippen LogP contribution in [0.5, 0.6) is 0 Å². The summed E-state index contributed by atoms with van der Waals surface area (Å²) in [7, 11) is 1.62. The first kappa shape index (κ1) is 12.0. The normalized spacial score (nSPS) is 14.9. The molecule has 0 aliphatic heterocycles. The molecule has 1 rings (SSSR count). The van der Waals surface area contributed by atoms with Crippen molar-refractivity contribution in [1.29, 1.82) is 0 Å². The molecule has 3 N–H and O–H groups in total. The molecular weight excluding hydrogens is 216 g/mol. The number of hydrogen-bond acceptors (Lipinski definition) is 5. The number of rotatable bonds is 5. The predicted octanol–water partition coefficient (Wildman–Crippen LogP) is 0.268. The van der Waals surface area contributed by atoms with Crippen molar-refractivity contribution in [2.75, 3.05) is 12.8 Å². The molecule has 0 radical (unpaired) electrons. The molecule has 0 saturated carbocycles. The van der Waals surface area contributed by atoms with Gasteiger partial charge in [0.05, 0.1) is 0 Å². The fourth-order valence-corrected chi connectivity index (χ4v) is 1.83. The van der Waals surface area contributed by atoms with Crippen molar-refractivity contribution in [2.45, 2.75) is 24.5 Å². The largest absolute Gasteiger partial charge is 0.480 e. The molecule has 1 atom stereocenters. The lowest BCUT2D eigenvalue weighted by molar-refractivity contribution is -0.142. The van der Waals surface area contributed by atoms with Gasteiger partial charge in [0, 0.05) is 5.75 Å². The molecular formula is C8H14N4O2S. The van der Waals surface area contributed by atoms with Gasteiger partial charge in [0.2, 0.25) is 5.16 Å². The van der Waals surface area contributed by atoms with Crippen molar-refractivity contribution in [3.63, 3.8) is 0 Å². The Morgan fingerprint density at radius 1 is 1.73 bits per heavy atom. The summed E-state index contributed by atoms with van der Waals surface area (Å²) < 4.78 is 0. The van der Waals surface area contributed by atoms with Gasteiger partial charge < -0.3 is 10.4 Å². The second-order valence-electron chi connectivity index (χ2n) is 3.38. The van der Waals surface area contributed by atoms with E-state index < -0.39 is 11.5 Å². The van der Waals surface area contributed by atoms with E-state index in [-0.39, 0.29) is 0 Å². The molecule has 0 saturated heterocycles. The number of aromatic amines is 1. The lowest BCUT2D eigenvalue weighted by Crippen LogP contribution is -2.49. The van der Waals surface area contributed by atoms with E-state index in [9.17, 15) is 4.79 Å². The summed E-state index contributed by atoms with van der Waals surface area (Å²) in [5.41, 5.74) is -0.959.